The molecule has 0 amide bonds. The van der Waals surface area contributed by atoms with Gasteiger partial charge in [0, 0.05) is 24.4 Å². The SMILES string of the molecule is CC#CCC(N)c1ccnc(C)c1. The van der Waals surface area contributed by atoms with Crippen LogP contribution in [0.25, 0.3) is 0 Å². The summed E-state index contributed by atoms with van der Waals surface area (Å²) in [5.41, 5.74) is 8.02. The molecule has 0 aromatic carbocycles. The summed E-state index contributed by atoms with van der Waals surface area (Å²) in [4.78, 5) is 4.11. The number of nitrogens with two attached hydrogens (primary N) is 1. The lowest BCUT2D eigenvalue weighted by Crippen LogP contribution is -2.09. The maximum atomic E-state index is 5.92. The van der Waals surface area contributed by atoms with Gasteiger partial charge in [0.1, 0.15) is 0 Å². The minimum absolute atomic E-state index is 0.00847. The van der Waals surface area contributed by atoms with Crippen LogP contribution in [0, 0.1) is 18.8 Å². The number of aromatic nitrogens is 1. The Hall–Kier alpha value is -1.33. The molecule has 1 aromatic rings. The van der Waals surface area contributed by atoms with Crippen LogP contribution < -0.4 is 5.73 Å². The number of pyridine rings is 1. The summed E-state index contributed by atoms with van der Waals surface area (Å²) < 4.78 is 0. The molecule has 1 rings (SSSR count). The third-order valence-electron chi connectivity index (χ3n) is 1.85. The predicted molar refractivity (Wildman–Crippen MR) is 54.0 cm³/mol. The van der Waals surface area contributed by atoms with Crippen molar-refractivity contribution in [2.24, 2.45) is 5.73 Å². The van der Waals surface area contributed by atoms with Gasteiger partial charge in [0.25, 0.3) is 0 Å². The molecule has 0 aliphatic carbocycles. The van der Waals surface area contributed by atoms with Crippen molar-refractivity contribution in [3.63, 3.8) is 0 Å². The van der Waals surface area contributed by atoms with Gasteiger partial charge in [0.05, 0.1) is 0 Å². The first-order chi connectivity index (χ1) is 6.24. The van der Waals surface area contributed by atoms with E-state index < -0.39 is 0 Å². The maximum absolute atomic E-state index is 5.92. The third-order valence-corrected chi connectivity index (χ3v) is 1.85. The summed E-state index contributed by atoms with van der Waals surface area (Å²) >= 11 is 0. The van der Waals surface area contributed by atoms with Gasteiger partial charge in [-0.15, -0.1) is 11.8 Å². The van der Waals surface area contributed by atoms with Crippen molar-refractivity contribution in [2.75, 3.05) is 0 Å². The molecule has 13 heavy (non-hydrogen) atoms. The van der Waals surface area contributed by atoms with Gasteiger partial charge in [-0.1, -0.05) is 0 Å². The van der Waals surface area contributed by atoms with E-state index in [2.05, 4.69) is 16.8 Å². The van der Waals surface area contributed by atoms with E-state index in [0.29, 0.717) is 6.42 Å². The quantitative estimate of drug-likeness (QED) is 0.694. The Labute approximate surface area is 79.2 Å². The Kier molecular flexibility index (Phi) is 3.48. The van der Waals surface area contributed by atoms with Crippen molar-refractivity contribution >= 4 is 0 Å². The summed E-state index contributed by atoms with van der Waals surface area (Å²) in [7, 11) is 0. The minimum Gasteiger partial charge on any atom is -0.323 e. The van der Waals surface area contributed by atoms with Crippen LogP contribution in [0.5, 0.6) is 0 Å². The van der Waals surface area contributed by atoms with Crippen LogP contribution in [-0.2, 0) is 0 Å². The molecule has 0 fully saturated rings. The highest BCUT2D eigenvalue weighted by Crippen LogP contribution is 2.12. The molecule has 0 aliphatic heterocycles. The lowest BCUT2D eigenvalue weighted by molar-refractivity contribution is 0.750. The van der Waals surface area contributed by atoms with Crippen molar-refractivity contribution in [3.8, 4) is 11.8 Å². The van der Waals surface area contributed by atoms with Crippen LogP contribution in [0.2, 0.25) is 0 Å². The zero-order valence-electron chi connectivity index (χ0n) is 8.04. The third kappa shape index (κ3) is 2.89. The molecule has 68 valence electrons. The highest BCUT2D eigenvalue weighted by atomic mass is 14.7. The first-order valence-corrected chi connectivity index (χ1v) is 4.31. The Bertz CT molecular complexity index is 333. The van der Waals surface area contributed by atoms with Crippen LogP contribution in [0.1, 0.15) is 30.6 Å². The van der Waals surface area contributed by atoms with Crippen LogP contribution in [0.15, 0.2) is 18.3 Å². The van der Waals surface area contributed by atoms with E-state index in [1.165, 1.54) is 0 Å². The highest BCUT2D eigenvalue weighted by Gasteiger charge is 2.03. The molecule has 1 aromatic heterocycles. The fourth-order valence-electron chi connectivity index (χ4n) is 1.13. The maximum Gasteiger partial charge on any atom is 0.0407 e. The second kappa shape index (κ2) is 4.64. The van der Waals surface area contributed by atoms with E-state index in [9.17, 15) is 0 Å². The van der Waals surface area contributed by atoms with Gasteiger partial charge in [0.15, 0.2) is 0 Å². The first kappa shape index (κ1) is 9.76. The molecule has 2 heteroatoms. The average molecular weight is 174 g/mol. The molecule has 0 bridgehead atoms. The van der Waals surface area contributed by atoms with Crippen molar-refractivity contribution < 1.29 is 0 Å². The van der Waals surface area contributed by atoms with Crippen molar-refractivity contribution in [2.45, 2.75) is 26.3 Å². The molecule has 0 spiro atoms. The van der Waals surface area contributed by atoms with E-state index in [1.807, 2.05) is 26.0 Å². The Morgan fingerprint density at radius 2 is 2.38 bits per heavy atom. The summed E-state index contributed by atoms with van der Waals surface area (Å²) in [5.74, 6) is 5.81. The van der Waals surface area contributed by atoms with Crippen molar-refractivity contribution in [3.05, 3.63) is 29.6 Å². The smallest absolute Gasteiger partial charge is 0.0407 e. The molecule has 1 atom stereocenters. The molecule has 0 aliphatic rings. The molecule has 2 nitrogen and oxygen atoms in total. The van der Waals surface area contributed by atoms with Gasteiger partial charge >= 0.3 is 0 Å². The van der Waals surface area contributed by atoms with Crippen molar-refractivity contribution in [1.29, 1.82) is 0 Å². The van der Waals surface area contributed by atoms with Gasteiger partial charge in [-0.3, -0.25) is 4.98 Å². The number of hydrogen-bond acceptors (Lipinski definition) is 2. The molecular weight excluding hydrogens is 160 g/mol. The largest absolute Gasteiger partial charge is 0.323 e. The number of rotatable bonds is 2. The molecule has 0 radical (unpaired) electrons. The van der Waals surface area contributed by atoms with Gasteiger partial charge in [-0.2, -0.15) is 0 Å². The van der Waals surface area contributed by atoms with Gasteiger partial charge in [0.2, 0.25) is 0 Å². The first-order valence-electron chi connectivity index (χ1n) is 4.31. The van der Waals surface area contributed by atoms with E-state index in [0.717, 1.165) is 11.3 Å². The monoisotopic (exact) mass is 174 g/mol. The average Bonchev–Trinajstić information content (AvgIpc) is 2.14. The van der Waals surface area contributed by atoms with E-state index >= 15 is 0 Å². The standard InChI is InChI=1S/C11H14N2/c1-3-4-5-11(12)10-6-7-13-9(2)8-10/h6-8,11H,5,12H2,1-2H3. The topological polar surface area (TPSA) is 38.9 Å². The summed E-state index contributed by atoms with van der Waals surface area (Å²) in [6.07, 6.45) is 2.49. The fourth-order valence-corrected chi connectivity index (χ4v) is 1.13. The van der Waals surface area contributed by atoms with Crippen LogP contribution in [0.3, 0.4) is 0 Å². The zero-order chi connectivity index (χ0) is 9.68. The zero-order valence-corrected chi connectivity index (χ0v) is 8.04. The number of hydrogen-bond donors (Lipinski definition) is 1. The molecule has 2 N–H and O–H groups in total. The molecular formula is C11H14N2. The normalized spacial score (nSPS) is 11.6. The summed E-state index contributed by atoms with van der Waals surface area (Å²) in [5, 5.41) is 0. The Balaban J connectivity index is 2.74. The van der Waals surface area contributed by atoms with Gasteiger partial charge in [-0.25, -0.2) is 0 Å². The van der Waals surface area contributed by atoms with Crippen LogP contribution in [0.4, 0.5) is 0 Å². The molecule has 0 saturated heterocycles. The van der Waals surface area contributed by atoms with E-state index in [-0.39, 0.29) is 6.04 Å². The van der Waals surface area contributed by atoms with Gasteiger partial charge < -0.3 is 5.73 Å². The van der Waals surface area contributed by atoms with Crippen LogP contribution in [-0.4, -0.2) is 4.98 Å². The second-order valence-corrected chi connectivity index (χ2v) is 2.97. The second-order valence-electron chi connectivity index (χ2n) is 2.97. The molecule has 1 heterocycles. The number of aryl methyl sites for hydroxylation is 1. The summed E-state index contributed by atoms with van der Waals surface area (Å²) in [6.45, 7) is 3.78. The van der Waals surface area contributed by atoms with E-state index in [1.54, 1.807) is 6.20 Å². The predicted octanol–water partition coefficient (Wildman–Crippen LogP) is 1.80. The fraction of sp³-hybridized carbons (Fsp3) is 0.364. The Morgan fingerprint density at radius 1 is 1.62 bits per heavy atom. The number of nitrogens with zero attached hydrogens (tertiary/aromatic N) is 1. The molecule has 1 unspecified atom stereocenters. The highest BCUT2D eigenvalue weighted by molar-refractivity contribution is 5.20. The minimum atomic E-state index is 0.00847. The van der Waals surface area contributed by atoms with E-state index in [4.69, 9.17) is 5.73 Å². The van der Waals surface area contributed by atoms with Crippen molar-refractivity contribution in [1.82, 2.24) is 4.98 Å². The summed E-state index contributed by atoms with van der Waals surface area (Å²) in [6, 6.07) is 3.95. The molecule has 0 saturated carbocycles. The van der Waals surface area contributed by atoms with Crippen LogP contribution >= 0.6 is 0 Å². The Morgan fingerprint density at radius 3 is 3.00 bits per heavy atom. The lowest BCUT2D eigenvalue weighted by Gasteiger charge is -2.08. The lowest BCUT2D eigenvalue weighted by atomic mass is 10.1. The van der Waals surface area contributed by atoms with Gasteiger partial charge in [-0.05, 0) is 31.5 Å².